The van der Waals surface area contributed by atoms with E-state index in [9.17, 15) is 22.8 Å². The van der Waals surface area contributed by atoms with Crippen LogP contribution in [0.15, 0.2) is 64.2 Å². The number of rotatable bonds is 2. The highest BCUT2D eigenvalue weighted by Gasteiger charge is 2.34. The molecule has 1 atom stereocenters. The summed E-state index contributed by atoms with van der Waals surface area (Å²) in [4.78, 5) is 26.1. The van der Waals surface area contributed by atoms with E-state index in [4.69, 9.17) is 4.74 Å². The number of hydrogen-bond donors (Lipinski definition) is 0. The van der Waals surface area contributed by atoms with Crippen LogP contribution in [0.5, 0.6) is 0 Å². The molecule has 2 aromatic carbocycles. The second-order valence-electron chi connectivity index (χ2n) is 8.05. The average Bonchev–Trinajstić information content (AvgIpc) is 3.17. The molecule has 0 saturated heterocycles. The molecule has 33 heavy (non-hydrogen) atoms. The highest BCUT2D eigenvalue weighted by Crippen LogP contribution is 2.41. The number of fused-ring (bicyclic) bond motifs is 3. The second kappa shape index (κ2) is 7.48. The summed E-state index contributed by atoms with van der Waals surface area (Å²) in [5.41, 5.74) is 1.30. The van der Waals surface area contributed by atoms with Crippen LogP contribution >= 0.6 is 0 Å². The minimum Gasteiger partial charge on any atom is -0.365 e. The van der Waals surface area contributed by atoms with Crippen molar-refractivity contribution >= 4 is 10.9 Å². The van der Waals surface area contributed by atoms with Gasteiger partial charge in [-0.15, -0.1) is 0 Å². The molecule has 0 radical (unpaired) electrons. The molecule has 9 heteroatoms. The summed E-state index contributed by atoms with van der Waals surface area (Å²) >= 11 is 0. The number of aromatic nitrogens is 3. The van der Waals surface area contributed by atoms with Gasteiger partial charge in [-0.3, -0.25) is 13.9 Å². The van der Waals surface area contributed by atoms with Crippen molar-refractivity contribution in [2.45, 2.75) is 18.8 Å². The lowest BCUT2D eigenvalue weighted by Crippen LogP contribution is -2.37. The van der Waals surface area contributed by atoms with Crippen LogP contribution in [-0.2, 0) is 31.6 Å². The summed E-state index contributed by atoms with van der Waals surface area (Å²) in [6.45, 7) is 0.733. The van der Waals surface area contributed by atoms with E-state index in [1.807, 2.05) is 34.9 Å². The summed E-state index contributed by atoms with van der Waals surface area (Å²) in [6, 6.07) is 14.1. The van der Waals surface area contributed by atoms with E-state index < -0.39 is 29.1 Å². The molecule has 0 aliphatic carbocycles. The fourth-order valence-electron chi connectivity index (χ4n) is 4.58. The van der Waals surface area contributed by atoms with Gasteiger partial charge in [-0.25, -0.2) is 4.79 Å². The van der Waals surface area contributed by atoms with E-state index in [0.717, 1.165) is 22.3 Å². The Bertz CT molecular complexity index is 1480. The van der Waals surface area contributed by atoms with Gasteiger partial charge in [-0.05, 0) is 23.3 Å². The summed E-state index contributed by atoms with van der Waals surface area (Å²) < 4.78 is 49.6. The quantitative estimate of drug-likeness (QED) is 0.462. The molecule has 0 amide bonds. The van der Waals surface area contributed by atoms with Crippen molar-refractivity contribution in [2.24, 2.45) is 14.1 Å². The topological polar surface area (TPSA) is 58.2 Å². The first-order valence-corrected chi connectivity index (χ1v) is 10.4. The lowest BCUT2D eigenvalue weighted by Gasteiger charge is -2.28. The number of halogens is 3. The predicted molar refractivity (Wildman–Crippen MR) is 117 cm³/mol. The largest absolute Gasteiger partial charge is 0.416 e. The van der Waals surface area contributed by atoms with Crippen molar-refractivity contribution < 1.29 is 17.9 Å². The van der Waals surface area contributed by atoms with Crippen LogP contribution < -0.4 is 11.2 Å². The van der Waals surface area contributed by atoms with E-state index >= 15 is 0 Å². The van der Waals surface area contributed by atoms with Gasteiger partial charge < -0.3 is 9.30 Å². The van der Waals surface area contributed by atoms with Gasteiger partial charge in [0.2, 0.25) is 0 Å². The van der Waals surface area contributed by atoms with Crippen LogP contribution in [0.25, 0.3) is 22.2 Å². The van der Waals surface area contributed by atoms with Crippen LogP contribution in [-0.4, -0.2) is 20.3 Å². The Balaban J connectivity index is 1.85. The molecule has 0 spiro atoms. The first-order valence-electron chi connectivity index (χ1n) is 10.4. The summed E-state index contributed by atoms with van der Waals surface area (Å²) in [6.07, 6.45) is -5.19. The Hall–Kier alpha value is -3.59. The molecular formula is C24H20F3N3O3. The minimum atomic E-state index is -4.45. The van der Waals surface area contributed by atoms with Gasteiger partial charge in [-0.1, -0.05) is 42.5 Å². The number of hydrogen-bond acceptors (Lipinski definition) is 3. The van der Waals surface area contributed by atoms with Crippen molar-refractivity contribution in [3.8, 4) is 11.3 Å². The molecule has 0 saturated carbocycles. The molecular weight excluding hydrogens is 435 g/mol. The van der Waals surface area contributed by atoms with E-state index in [0.29, 0.717) is 41.0 Å². The molecule has 1 aliphatic heterocycles. The van der Waals surface area contributed by atoms with Gasteiger partial charge in [0.1, 0.15) is 6.10 Å². The zero-order valence-corrected chi connectivity index (χ0v) is 17.9. The zero-order chi connectivity index (χ0) is 23.5. The fraction of sp³-hybridized carbons (Fsp3) is 0.250. The minimum absolute atomic E-state index is 0.299. The van der Waals surface area contributed by atoms with E-state index in [2.05, 4.69) is 0 Å². The third-order valence-electron chi connectivity index (χ3n) is 6.14. The van der Waals surface area contributed by atoms with Crippen LogP contribution in [0.1, 0.15) is 22.9 Å². The van der Waals surface area contributed by atoms with Crippen molar-refractivity contribution in [2.75, 3.05) is 6.61 Å². The van der Waals surface area contributed by atoms with Crippen molar-refractivity contribution in [1.82, 2.24) is 13.7 Å². The highest BCUT2D eigenvalue weighted by atomic mass is 19.4. The molecule has 6 nitrogen and oxygen atoms in total. The zero-order valence-electron chi connectivity index (χ0n) is 17.9. The number of alkyl halides is 3. The Morgan fingerprint density at radius 3 is 2.24 bits per heavy atom. The highest BCUT2D eigenvalue weighted by molar-refractivity contribution is 5.96. The van der Waals surface area contributed by atoms with Crippen molar-refractivity contribution in [1.29, 1.82) is 0 Å². The van der Waals surface area contributed by atoms with Crippen molar-refractivity contribution in [3.63, 3.8) is 0 Å². The van der Waals surface area contributed by atoms with E-state index in [1.54, 1.807) is 7.05 Å². The molecule has 0 fully saturated rings. The molecule has 0 bridgehead atoms. The van der Waals surface area contributed by atoms with Crippen molar-refractivity contribution in [3.05, 3.63) is 92.3 Å². The number of benzene rings is 2. The average molecular weight is 455 g/mol. The lowest BCUT2D eigenvalue weighted by atomic mass is 10.0. The number of aryl methyl sites for hydroxylation is 1. The molecule has 4 aromatic rings. The van der Waals surface area contributed by atoms with Crippen LogP contribution in [0, 0.1) is 0 Å². The van der Waals surface area contributed by atoms with Gasteiger partial charge >= 0.3 is 11.9 Å². The third kappa shape index (κ3) is 3.22. The Kier molecular flexibility index (Phi) is 4.82. The molecule has 0 N–H and O–H groups in total. The molecule has 3 heterocycles. The standard InChI is InChI=1S/C24H20F3N3O3/c1-28-19-17(22(31)29(2)23(28)32)18(14-6-4-3-5-7-14)30-12-13-33-21(20(19)30)15-8-10-16(11-9-15)24(25,26)27/h3-11,21H,12-13H2,1-2H3/t21-/m1/s1. The van der Waals surface area contributed by atoms with E-state index in [-0.39, 0.29) is 0 Å². The van der Waals surface area contributed by atoms with Crippen LogP contribution in [0.4, 0.5) is 13.2 Å². The van der Waals surface area contributed by atoms with Gasteiger partial charge in [0.15, 0.2) is 0 Å². The third-order valence-corrected chi connectivity index (χ3v) is 6.14. The maximum atomic E-state index is 13.3. The van der Waals surface area contributed by atoms with E-state index in [1.165, 1.54) is 23.7 Å². The Labute approximate surface area is 186 Å². The second-order valence-corrected chi connectivity index (χ2v) is 8.05. The SMILES string of the molecule is Cn1c(=O)c2c(-c3ccccc3)n3c(c2n(C)c1=O)[C@@H](c1ccc(C(F)(F)F)cc1)OCC3. The summed E-state index contributed by atoms with van der Waals surface area (Å²) in [5, 5.41) is 0.378. The number of nitrogens with zero attached hydrogens (tertiary/aromatic N) is 3. The summed E-state index contributed by atoms with van der Waals surface area (Å²) in [7, 11) is 3.01. The Morgan fingerprint density at radius 2 is 1.61 bits per heavy atom. The molecule has 0 unspecified atom stereocenters. The predicted octanol–water partition coefficient (Wildman–Crippen LogP) is 3.84. The van der Waals surface area contributed by atoms with Gasteiger partial charge in [0.05, 0.1) is 34.5 Å². The van der Waals surface area contributed by atoms with Crippen LogP contribution in [0.2, 0.25) is 0 Å². The smallest absolute Gasteiger partial charge is 0.365 e. The monoisotopic (exact) mass is 455 g/mol. The first-order chi connectivity index (χ1) is 15.7. The summed E-state index contributed by atoms with van der Waals surface area (Å²) in [5.74, 6) is 0. The maximum Gasteiger partial charge on any atom is 0.416 e. The molecule has 2 aromatic heterocycles. The van der Waals surface area contributed by atoms with Gasteiger partial charge in [-0.2, -0.15) is 13.2 Å². The first kappa shape index (κ1) is 21.3. The molecule has 5 rings (SSSR count). The number of ether oxygens (including phenoxy) is 1. The maximum absolute atomic E-state index is 13.3. The molecule has 1 aliphatic rings. The van der Waals surface area contributed by atoms with Gasteiger partial charge in [0.25, 0.3) is 5.56 Å². The lowest BCUT2D eigenvalue weighted by molar-refractivity contribution is -0.137. The normalized spacial score (nSPS) is 16.2. The Morgan fingerprint density at radius 1 is 0.939 bits per heavy atom. The fourth-order valence-corrected chi connectivity index (χ4v) is 4.58. The molecule has 170 valence electrons. The van der Waals surface area contributed by atoms with Gasteiger partial charge in [0, 0.05) is 20.6 Å². The van der Waals surface area contributed by atoms with Crippen LogP contribution in [0.3, 0.4) is 0 Å².